The number of allylic oxidation sites excluding steroid dienone is 1. The minimum absolute atomic E-state index is 0.130. The highest BCUT2D eigenvalue weighted by Crippen LogP contribution is 2.47. The van der Waals surface area contributed by atoms with Gasteiger partial charge in [-0.25, -0.2) is 4.79 Å². The zero-order valence-electron chi connectivity index (χ0n) is 13.8. The fourth-order valence-electron chi connectivity index (χ4n) is 3.57. The van der Waals surface area contributed by atoms with Gasteiger partial charge in [0.1, 0.15) is 0 Å². The van der Waals surface area contributed by atoms with Crippen molar-refractivity contribution in [1.82, 2.24) is 10.2 Å². The predicted octanol–water partition coefficient (Wildman–Crippen LogP) is 2.16. The molecule has 3 aliphatic rings. The smallest absolute Gasteiger partial charge is 0.318 e. The third-order valence-corrected chi connectivity index (χ3v) is 6.35. The second-order valence-corrected chi connectivity index (χ2v) is 7.45. The van der Waals surface area contributed by atoms with Crippen molar-refractivity contribution in [2.45, 2.75) is 31.8 Å². The van der Waals surface area contributed by atoms with E-state index in [-0.39, 0.29) is 39.4 Å². The molecule has 0 bridgehead atoms. The van der Waals surface area contributed by atoms with Crippen LogP contribution in [0.4, 0.5) is 4.79 Å². The Hall–Kier alpha value is -2.41. The summed E-state index contributed by atoms with van der Waals surface area (Å²) < 4.78 is 0. The van der Waals surface area contributed by atoms with E-state index in [9.17, 15) is 19.2 Å². The maximum absolute atomic E-state index is 13.1. The fraction of sp³-hybridized carbons (Fsp3) is 0.333. The molecule has 1 aromatic carbocycles. The van der Waals surface area contributed by atoms with Gasteiger partial charge >= 0.3 is 6.03 Å². The highest BCUT2D eigenvalue weighted by Gasteiger charge is 2.61. The number of Topliss-reactive ketones (excluding diaryl/α,β-unsaturated/α-hetero) is 2. The van der Waals surface area contributed by atoms with Crippen molar-refractivity contribution in [2.75, 3.05) is 5.75 Å². The number of urea groups is 1. The summed E-state index contributed by atoms with van der Waals surface area (Å²) in [6.45, 7) is 3.67. The van der Waals surface area contributed by atoms with Crippen LogP contribution in [0.3, 0.4) is 0 Å². The van der Waals surface area contributed by atoms with Crippen LogP contribution in [-0.2, 0) is 4.79 Å². The SMILES string of the molecule is CCC(C)N1C(=O)NC2(CSC3=C2C(=O)c2ccccc2C3=O)C1=O. The van der Waals surface area contributed by atoms with Crippen LogP contribution in [0.1, 0.15) is 41.0 Å². The summed E-state index contributed by atoms with van der Waals surface area (Å²) >= 11 is 1.17. The van der Waals surface area contributed by atoms with Gasteiger partial charge in [-0.15, -0.1) is 11.8 Å². The standard InChI is InChI=1S/C18H16N2O4S/c1-3-9(2)20-16(23)18(19-17(20)24)8-25-15-12(18)13(21)10-6-4-5-7-11(10)14(15)22/h4-7,9H,3,8H2,1-2H3,(H,19,24). The van der Waals surface area contributed by atoms with Gasteiger partial charge in [-0.05, 0) is 13.3 Å². The number of nitrogens with zero attached hydrogens (tertiary/aromatic N) is 1. The molecule has 25 heavy (non-hydrogen) atoms. The van der Waals surface area contributed by atoms with Crippen LogP contribution in [0.2, 0.25) is 0 Å². The molecule has 2 heterocycles. The second-order valence-electron chi connectivity index (χ2n) is 6.46. The van der Waals surface area contributed by atoms with E-state index in [1.165, 1.54) is 16.7 Å². The molecule has 7 heteroatoms. The van der Waals surface area contributed by atoms with E-state index in [2.05, 4.69) is 5.32 Å². The van der Waals surface area contributed by atoms with E-state index in [0.29, 0.717) is 12.0 Å². The number of hydrogen-bond acceptors (Lipinski definition) is 5. The molecule has 1 spiro atoms. The van der Waals surface area contributed by atoms with Crippen LogP contribution < -0.4 is 5.32 Å². The highest BCUT2D eigenvalue weighted by atomic mass is 32.2. The Bertz CT molecular complexity index is 891. The molecular formula is C18H16N2O4S. The summed E-state index contributed by atoms with van der Waals surface area (Å²) in [6.07, 6.45) is 0.615. The van der Waals surface area contributed by atoms with Gasteiger partial charge in [0.2, 0.25) is 5.78 Å². The van der Waals surface area contributed by atoms with Gasteiger partial charge in [0, 0.05) is 22.9 Å². The number of carbonyl (C=O) groups excluding carboxylic acids is 4. The topological polar surface area (TPSA) is 83.6 Å². The van der Waals surface area contributed by atoms with Crippen LogP contribution in [0.25, 0.3) is 0 Å². The lowest BCUT2D eigenvalue weighted by Crippen LogP contribution is -2.52. The van der Waals surface area contributed by atoms with Gasteiger partial charge in [-0.3, -0.25) is 19.3 Å². The molecule has 4 rings (SSSR count). The molecular weight excluding hydrogens is 340 g/mol. The molecule has 128 valence electrons. The molecule has 2 aliphatic heterocycles. The number of rotatable bonds is 2. The molecule has 0 saturated carbocycles. The molecule has 1 aromatic rings. The van der Waals surface area contributed by atoms with Crippen LogP contribution in [0.5, 0.6) is 0 Å². The number of fused-ring (bicyclic) bond motifs is 2. The minimum atomic E-state index is -1.43. The number of amides is 3. The quantitative estimate of drug-likeness (QED) is 0.821. The van der Waals surface area contributed by atoms with Gasteiger partial charge < -0.3 is 5.32 Å². The Balaban J connectivity index is 1.86. The van der Waals surface area contributed by atoms with Crippen molar-refractivity contribution < 1.29 is 19.2 Å². The summed E-state index contributed by atoms with van der Waals surface area (Å²) in [6, 6.07) is 5.81. The van der Waals surface area contributed by atoms with E-state index < -0.39 is 17.5 Å². The van der Waals surface area contributed by atoms with E-state index in [1.54, 1.807) is 31.2 Å². The normalized spacial score (nSPS) is 26.2. The van der Waals surface area contributed by atoms with Crippen molar-refractivity contribution in [3.63, 3.8) is 0 Å². The summed E-state index contributed by atoms with van der Waals surface area (Å²) in [5.41, 5.74) is -0.658. The van der Waals surface area contributed by atoms with Crippen molar-refractivity contribution in [2.24, 2.45) is 0 Å². The maximum atomic E-state index is 13.1. The van der Waals surface area contributed by atoms with Gasteiger partial charge in [0.25, 0.3) is 5.91 Å². The number of ketones is 2. The number of hydrogen-bond donors (Lipinski definition) is 1. The third kappa shape index (κ3) is 1.93. The molecule has 6 nitrogen and oxygen atoms in total. The Morgan fingerprint density at radius 2 is 1.80 bits per heavy atom. The first-order valence-electron chi connectivity index (χ1n) is 8.14. The molecule has 0 aromatic heterocycles. The molecule has 1 aliphatic carbocycles. The zero-order valence-corrected chi connectivity index (χ0v) is 14.6. The van der Waals surface area contributed by atoms with Crippen LogP contribution in [0.15, 0.2) is 34.7 Å². The molecule has 1 fully saturated rings. The number of thioether (sulfide) groups is 1. The van der Waals surface area contributed by atoms with Gasteiger partial charge in [-0.2, -0.15) is 0 Å². The molecule has 0 radical (unpaired) electrons. The largest absolute Gasteiger partial charge is 0.325 e. The molecule has 3 amide bonds. The van der Waals surface area contributed by atoms with Gasteiger partial charge in [0.05, 0.1) is 10.5 Å². The van der Waals surface area contributed by atoms with Crippen molar-refractivity contribution in [3.8, 4) is 0 Å². The monoisotopic (exact) mass is 356 g/mol. The third-order valence-electron chi connectivity index (χ3n) is 5.09. The predicted molar refractivity (Wildman–Crippen MR) is 92.4 cm³/mol. The van der Waals surface area contributed by atoms with Crippen LogP contribution in [0, 0.1) is 0 Å². The average molecular weight is 356 g/mol. The molecule has 1 saturated heterocycles. The van der Waals surface area contributed by atoms with Crippen molar-refractivity contribution in [1.29, 1.82) is 0 Å². The van der Waals surface area contributed by atoms with E-state index in [4.69, 9.17) is 0 Å². The second kappa shape index (κ2) is 5.29. The number of nitrogens with one attached hydrogen (secondary N) is 1. The fourth-order valence-corrected chi connectivity index (χ4v) is 4.93. The zero-order chi connectivity index (χ0) is 17.9. The first kappa shape index (κ1) is 16.1. The van der Waals surface area contributed by atoms with Crippen LogP contribution >= 0.6 is 11.8 Å². The lowest BCUT2D eigenvalue weighted by atomic mass is 9.79. The summed E-state index contributed by atoms with van der Waals surface area (Å²) in [5, 5.41) is 2.71. The Morgan fingerprint density at radius 3 is 2.44 bits per heavy atom. The van der Waals surface area contributed by atoms with E-state index in [1.807, 2.05) is 6.92 Å². The molecule has 2 atom stereocenters. The molecule has 2 unspecified atom stereocenters. The summed E-state index contributed by atoms with van der Waals surface area (Å²) in [7, 11) is 0. The Kier molecular flexibility index (Phi) is 3.40. The lowest BCUT2D eigenvalue weighted by molar-refractivity contribution is -0.130. The van der Waals surface area contributed by atoms with Gasteiger partial charge in [0.15, 0.2) is 11.3 Å². The first-order valence-corrected chi connectivity index (χ1v) is 9.12. The average Bonchev–Trinajstić information content (AvgIpc) is 3.11. The van der Waals surface area contributed by atoms with E-state index in [0.717, 1.165) is 0 Å². The lowest BCUT2D eigenvalue weighted by Gasteiger charge is -2.26. The van der Waals surface area contributed by atoms with Crippen molar-refractivity contribution in [3.05, 3.63) is 45.9 Å². The first-order chi connectivity index (χ1) is 11.9. The minimum Gasteiger partial charge on any atom is -0.318 e. The number of benzene rings is 1. The van der Waals surface area contributed by atoms with E-state index >= 15 is 0 Å². The highest BCUT2D eigenvalue weighted by molar-refractivity contribution is 8.04. The number of carbonyl (C=O) groups is 4. The molecule has 1 N–H and O–H groups in total. The maximum Gasteiger partial charge on any atom is 0.325 e. The Morgan fingerprint density at radius 1 is 1.16 bits per heavy atom. The van der Waals surface area contributed by atoms with Crippen LogP contribution in [-0.4, -0.2) is 45.7 Å². The summed E-state index contributed by atoms with van der Waals surface area (Å²) in [5.74, 6) is -0.878. The van der Waals surface area contributed by atoms with Gasteiger partial charge in [-0.1, -0.05) is 31.2 Å². The summed E-state index contributed by atoms with van der Waals surface area (Å²) in [4.78, 5) is 52.8. The van der Waals surface area contributed by atoms with Crippen molar-refractivity contribution >= 4 is 35.3 Å². The Labute approximate surface area is 148 Å². The number of imide groups is 1.